The average molecular weight is 230 g/mol. The molecule has 1 fully saturated rings. The van der Waals surface area contributed by atoms with E-state index in [1.165, 1.54) is 0 Å². The molecule has 1 saturated carbocycles. The first kappa shape index (κ1) is 12.8. The molecule has 1 aliphatic carbocycles. The molecule has 1 aliphatic rings. The number of hydrogen-bond donors (Lipinski definition) is 4. The van der Waals surface area contributed by atoms with E-state index in [0.29, 0.717) is 0 Å². The Morgan fingerprint density at radius 1 is 1.50 bits per heavy atom. The number of carboxylic acids is 1. The second-order valence-corrected chi connectivity index (χ2v) is 4.79. The van der Waals surface area contributed by atoms with Crippen LogP contribution in [0.2, 0.25) is 0 Å². The molecule has 6 heteroatoms. The van der Waals surface area contributed by atoms with E-state index in [1.807, 2.05) is 0 Å². The molecule has 16 heavy (non-hydrogen) atoms. The van der Waals surface area contributed by atoms with Crippen molar-refractivity contribution in [3.05, 3.63) is 0 Å². The molecule has 2 atom stereocenters. The molecule has 0 aromatic rings. The van der Waals surface area contributed by atoms with E-state index >= 15 is 0 Å². The Kier molecular flexibility index (Phi) is 3.74. The third-order valence-electron chi connectivity index (χ3n) is 2.81. The van der Waals surface area contributed by atoms with Crippen molar-refractivity contribution in [2.45, 2.75) is 38.8 Å². The van der Waals surface area contributed by atoms with Gasteiger partial charge in [0.15, 0.2) is 6.10 Å². The summed E-state index contributed by atoms with van der Waals surface area (Å²) in [5.41, 5.74) is 0.165. The maximum atomic E-state index is 11.3. The topological polar surface area (TPSA) is 98.7 Å². The summed E-state index contributed by atoms with van der Waals surface area (Å²) >= 11 is 0. The van der Waals surface area contributed by atoms with E-state index in [2.05, 4.69) is 24.5 Å². The molecule has 0 bridgehead atoms. The highest BCUT2D eigenvalue weighted by Crippen LogP contribution is 2.44. The lowest BCUT2D eigenvalue weighted by Crippen LogP contribution is -2.39. The van der Waals surface area contributed by atoms with E-state index in [9.17, 15) is 9.59 Å². The Morgan fingerprint density at radius 2 is 2.06 bits per heavy atom. The van der Waals surface area contributed by atoms with Gasteiger partial charge in [0.2, 0.25) is 0 Å². The van der Waals surface area contributed by atoms with Gasteiger partial charge in [-0.15, -0.1) is 0 Å². The van der Waals surface area contributed by atoms with Crippen LogP contribution in [0.4, 0.5) is 4.79 Å². The van der Waals surface area contributed by atoms with Crippen LogP contribution in [0.25, 0.3) is 0 Å². The van der Waals surface area contributed by atoms with Crippen molar-refractivity contribution < 1.29 is 19.8 Å². The first-order valence-electron chi connectivity index (χ1n) is 5.28. The predicted octanol–water partition coefficient (Wildman–Crippen LogP) is -0.0803. The molecular weight excluding hydrogens is 212 g/mol. The number of rotatable bonds is 5. The number of hydrogen-bond acceptors (Lipinski definition) is 3. The summed E-state index contributed by atoms with van der Waals surface area (Å²) in [6.45, 7) is 4.27. The molecule has 0 aliphatic heterocycles. The van der Waals surface area contributed by atoms with Gasteiger partial charge in [0.1, 0.15) is 0 Å². The highest BCUT2D eigenvalue weighted by Gasteiger charge is 2.46. The van der Waals surface area contributed by atoms with Crippen molar-refractivity contribution in [3.63, 3.8) is 0 Å². The first-order valence-corrected chi connectivity index (χ1v) is 5.28. The zero-order chi connectivity index (χ0) is 12.3. The van der Waals surface area contributed by atoms with Gasteiger partial charge < -0.3 is 20.8 Å². The SMILES string of the molecule is CC1(C)CC1NC(=O)NCCC(O)C(=O)O. The number of amides is 2. The highest BCUT2D eigenvalue weighted by molar-refractivity contribution is 5.75. The van der Waals surface area contributed by atoms with Gasteiger partial charge in [-0.3, -0.25) is 0 Å². The quantitative estimate of drug-likeness (QED) is 0.531. The summed E-state index contributed by atoms with van der Waals surface area (Å²) in [5.74, 6) is -1.27. The van der Waals surface area contributed by atoms with Crippen LogP contribution in [0.15, 0.2) is 0 Å². The standard InChI is InChI=1S/C10H18N2O4/c1-10(2)5-7(10)12-9(16)11-4-3-6(13)8(14)15/h6-7,13H,3-5H2,1-2H3,(H,14,15)(H2,11,12,16). The Morgan fingerprint density at radius 3 is 2.50 bits per heavy atom. The van der Waals surface area contributed by atoms with Crippen LogP contribution in [0.5, 0.6) is 0 Å². The molecule has 0 aromatic heterocycles. The van der Waals surface area contributed by atoms with Gasteiger partial charge in [-0.1, -0.05) is 13.8 Å². The van der Waals surface area contributed by atoms with E-state index in [4.69, 9.17) is 10.2 Å². The fourth-order valence-electron chi connectivity index (χ4n) is 1.37. The Hall–Kier alpha value is -1.30. The second-order valence-electron chi connectivity index (χ2n) is 4.79. The zero-order valence-electron chi connectivity index (χ0n) is 9.49. The van der Waals surface area contributed by atoms with Crippen LogP contribution in [0, 0.1) is 5.41 Å². The molecule has 6 nitrogen and oxygen atoms in total. The number of urea groups is 1. The Labute approximate surface area is 94.0 Å². The average Bonchev–Trinajstić information content (AvgIpc) is 2.72. The minimum Gasteiger partial charge on any atom is -0.479 e. The Balaban J connectivity index is 2.10. The molecule has 2 unspecified atom stereocenters. The third-order valence-corrected chi connectivity index (χ3v) is 2.81. The van der Waals surface area contributed by atoms with Crippen molar-refractivity contribution in [2.75, 3.05) is 6.54 Å². The fourth-order valence-corrected chi connectivity index (χ4v) is 1.37. The maximum Gasteiger partial charge on any atom is 0.332 e. The summed E-state index contributed by atoms with van der Waals surface area (Å²) in [6.07, 6.45) is -0.452. The molecule has 2 amide bonds. The van der Waals surface area contributed by atoms with Crippen LogP contribution in [-0.4, -0.2) is 40.9 Å². The van der Waals surface area contributed by atoms with Crippen molar-refractivity contribution >= 4 is 12.0 Å². The zero-order valence-corrected chi connectivity index (χ0v) is 9.49. The van der Waals surface area contributed by atoms with Gasteiger partial charge in [0, 0.05) is 19.0 Å². The summed E-state index contributed by atoms with van der Waals surface area (Å²) in [4.78, 5) is 21.6. The lowest BCUT2D eigenvalue weighted by Gasteiger charge is -2.09. The Bertz CT molecular complexity index is 291. The molecule has 0 aromatic carbocycles. The highest BCUT2D eigenvalue weighted by atomic mass is 16.4. The molecule has 0 radical (unpaired) electrons. The predicted molar refractivity (Wildman–Crippen MR) is 57.0 cm³/mol. The number of carbonyl (C=O) groups is 2. The van der Waals surface area contributed by atoms with Crippen LogP contribution < -0.4 is 10.6 Å². The number of nitrogens with one attached hydrogen (secondary N) is 2. The van der Waals surface area contributed by atoms with Crippen molar-refractivity contribution in [2.24, 2.45) is 5.41 Å². The van der Waals surface area contributed by atoms with Crippen LogP contribution in [0.1, 0.15) is 26.7 Å². The summed E-state index contributed by atoms with van der Waals surface area (Å²) in [6, 6.07) is -0.120. The molecule has 1 rings (SSSR count). The minimum absolute atomic E-state index is 0.0107. The van der Waals surface area contributed by atoms with Gasteiger partial charge in [0.25, 0.3) is 0 Å². The van der Waals surface area contributed by atoms with Crippen molar-refractivity contribution in [1.82, 2.24) is 10.6 Å². The molecule has 0 saturated heterocycles. The summed E-state index contributed by atoms with van der Waals surface area (Å²) < 4.78 is 0. The third kappa shape index (κ3) is 3.69. The number of carbonyl (C=O) groups excluding carboxylic acids is 1. The normalized spacial score (nSPS) is 23.3. The van der Waals surface area contributed by atoms with Gasteiger partial charge in [-0.25, -0.2) is 9.59 Å². The van der Waals surface area contributed by atoms with E-state index in [-0.39, 0.29) is 30.5 Å². The van der Waals surface area contributed by atoms with Gasteiger partial charge in [-0.2, -0.15) is 0 Å². The van der Waals surface area contributed by atoms with E-state index in [1.54, 1.807) is 0 Å². The van der Waals surface area contributed by atoms with Gasteiger partial charge >= 0.3 is 12.0 Å². The van der Waals surface area contributed by atoms with Crippen LogP contribution in [-0.2, 0) is 4.79 Å². The van der Waals surface area contributed by atoms with Crippen molar-refractivity contribution in [1.29, 1.82) is 0 Å². The van der Waals surface area contributed by atoms with Gasteiger partial charge in [0.05, 0.1) is 0 Å². The number of aliphatic hydroxyl groups is 1. The number of carboxylic acid groups (broad SMARTS) is 1. The van der Waals surface area contributed by atoms with E-state index in [0.717, 1.165) is 6.42 Å². The molecular formula is C10H18N2O4. The first-order chi connectivity index (χ1) is 7.33. The smallest absolute Gasteiger partial charge is 0.332 e. The van der Waals surface area contributed by atoms with Gasteiger partial charge in [-0.05, 0) is 11.8 Å². The maximum absolute atomic E-state index is 11.3. The number of aliphatic carboxylic acids is 1. The van der Waals surface area contributed by atoms with Crippen LogP contribution in [0.3, 0.4) is 0 Å². The second kappa shape index (κ2) is 4.69. The fraction of sp³-hybridized carbons (Fsp3) is 0.800. The monoisotopic (exact) mass is 230 g/mol. The largest absolute Gasteiger partial charge is 0.479 e. The van der Waals surface area contributed by atoms with E-state index < -0.39 is 12.1 Å². The minimum atomic E-state index is -1.42. The number of aliphatic hydroxyl groups excluding tert-OH is 1. The summed E-state index contributed by atoms with van der Waals surface area (Å²) in [5, 5.41) is 22.6. The van der Waals surface area contributed by atoms with Crippen LogP contribution >= 0.6 is 0 Å². The lowest BCUT2D eigenvalue weighted by atomic mass is 10.2. The summed E-state index contributed by atoms with van der Waals surface area (Å²) in [7, 11) is 0. The molecule has 0 heterocycles. The molecule has 0 spiro atoms. The lowest BCUT2D eigenvalue weighted by molar-refractivity contribution is -0.146. The molecule has 92 valence electrons. The van der Waals surface area contributed by atoms with Crippen molar-refractivity contribution in [3.8, 4) is 0 Å². The molecule has 4 N–H and O–H groups in total.